The molecule has 0 aliphatic carbocycles. The van der Waals surface area contributed by atoms with Crippen LogP contribution in [-0.2, 0) is 13.1 Å². The quantitative estimate of drug-likeness (QED) is 0.756. The maximum atomic E-state index is 13.1. The van der Waals surface area contributed by atoms with Crippen molar-refractivity contribution in [3.8, 4) is 0 Å². The van der Waals surface area contributed by atoms with Crippen LogP contribution in [0.4, 0.5) is 15.8 Å². The van der Waals surface area contributed by atoms with Crippen molar-refractivity contribution in [2.24, 2.45) is 0 Å². The van der Waals surface area contributed by atoms with Crippen molar-refractivity contribution in [2.45, 2.75) is 13.1 Å². The van der Waals surface area contributed by atoms with Crippen LogP contribution in [0, 0.1) is 5.82 Å². The molecular formula is C19H16ClFN4O. The van der Waals surface area contributed by atoms with E-state index in [0.29, 0.717) is 36.0 Å². The van der Waals surface area contributed by atoms with Crippen LogP contribution < -0.4 is 10.2 Å². The lowest BCUT2D eigenvalue weighted by Crippen LogP contribution is -2.40. The van der Waals surface area contributed by atoms with E-state index in [4.69, 9.17) is 11.6 Å². The summed E-state index contributed by atoms with van der Waals surface area (Å²) in [6, 6.07) is 15.2. The smallest absolute Gasteiger partial charge is 0.276 e. The zero-order valence-corrected chi connectivity index (χ0v) is 14.6. The predicted molar refractivity (Wildman–Crippen MR) is 99.1 cm³/mol. The van der Waals surface area contributed by atoms with E-state index in [9.17, 15) is 9.18 Å². The van der Waals surface area contributed by atoms with Gasteiger partial charge in [0.25, 0.3) is 5.91 Å². The van der Waals surface area contributed by atoms with Gasteiger partial charge in [-0.2, -0.15) is 5.10 Å². The summed E-state index contributed by atoms with van der Waals surface area (Å²) < 4.78 is 14.8. The van der Waals surface area contributed by atoms with Crippen LogP contribution in [0.15, 0.2) is 54.6 Å². The summed E-state index contributed by atoms with van der Waals surface area (Å²) in [5, 5.41) is 8.35. The Bertz CT molecular complexity index is 954. The molecule has 0 radical (unpaired) electrons. The summed E-state index contributed by atoms with van der Waals surface area (Å²) in [7, 11) is 0. The molecule has 1 amide bonds. The molecule has 0 saturated heterocycles. The van der Waals surface area contributed by atoms with Gasteiger partial charge in [0.05, 0.1) is 29.5 Å². The Morgan fingerprint density at radius 2 is 1.88 bits per heavy atom. The van der Waals surface area contributed by atoms with E-state index in [1.807, 2.05) is 24.3 Å². The predicted octanol–water partition coefficient (Wildman–Crippen LogP) is 3.95. The monoisotopic (exact) mass is 370 g/mol. The number of nitrogens with one attached hydrogen (secondary N) is 1. The molecule has 0 fully saturated rings. The van der Waals surface area contributed by atoms with Gasteiger partial charge >= 0.3 is 0 Å². The van der Waals surface area contributed by atoms with Gasteiger partial charge in [-0.25, -0.2) is 4.39 Å². The van der Waals surface area contributed by atoms with Gasteiger partial charge in [0.15, 0.2) is 0 Å². The van der Waals surface area contributed by atoms with E-state index in [0.717, 1.165) is 11.4 Å². The second-order valence-corrected chi connectivity index (χ2v) is 6.42. The first-order valence-corrected chi connectivity index (χ1v) is 8.62. The van der Waals surface area contributed by atoms with E-state index in [-0.39, 0.29) is 11.7 Å². The number of hydrogen-bond donors (Lipinski definition) is 1. The number of halogens is 2. The van der Waals surface area contributed by atoms with Crippen molar-refractivity contribution in [2.75, 3.05) is 16.8 Å². The topological polar surface area (TPSA) is 50.2 Å². The minimum atomic E-state index is -0.323. The molecule has 2 aromatic carbocycles. The average molecular weight is 371 g/mol. The number of hydrogen-bond acceptors (Lipinski definition) is 3. The number of para-hydroxylation sites is 1. The van der Waals surface area contributed by atoms with Crippen molar-refractivity contribution >= 4 is 28.9 Å². The number of fused-ring (bicyclic) bond motifs is 1. The van der Waals surface area contributed by atoms with Crippen molar-refractivity contribution in [1.29, 1.82) is 0 Å². The van der Waals surface area contributed by atoms with Crippen molar-refractivity contribution < 1.29 is 9.18 Å². The largest absolute Gasteiger partial charge is 0.378 e. The molecule has 0 bridgehead atoms. The molecule has 7 heteroatoms. The van der Waals surface area contributed by atoms with Gasteiger partial charge in [0, 0.05) is 12.2 Å². The Morgan fingerprint density at radius 3 is 2.65 bits per heavy atom. The first-order valence-electron chi connectivity index (χ1n) is 8.24. The molecule has 1 aliphatic heterocycles. The molecule has 0 atom stereocenters. The highest BCUT2D eigenvalue weighted by atomic mass is 35.5. The molecule has 3 aromatic rings. The van der Waals surface area contributed by atoms with Crippen LogP contribution in [0.25, 0.3) is 0 Å². The van der Waals surface area contributed by atoms with Gasteiger partial charge in [0.1, 0.15) is 11.5 Å². The van der Waals surface area contributed by atoms with Gasteiger partial charge in [-0.3, -0.25) is 9.48 Å². The average Bonchev–Trinajstić information content (AvgIpc) is 3.06. The number of anilines is 2. The molecule has 0 spiro atoms. The van der Waals surface area contributed by atoms with Gasteiger partial charge < -0.3 is 10.2 Å². The zero-order chi connectivity index (χ0) is 18.1. The van der Waals surface area contributed by atoms with Crippen LogP contribution in [0.5, 0.6) is 0 Å². The molecule has 1 N–H and O–H groups in total. The number of rotatable bonds is 4. The fraction of sp³-hybridized carbons (Fsp3) is 0.158. The SMILES string of the molecule is O=C1c2cc(CNc3ccccc3Cl)nn2CCN1c1ccc(F)cc1. The van der Waals surface area contributed by atoms with Crippen molar-refractivity contribution in [3.05, 3.63) is 76.8 Å². The summed E-state index contributed by atoms with van der Waals surface area (Å²) in [4.78, 5) is 14.4. The van der Waals surface area contributed by atoms with Crippen LogP contribution in [0.1, 0.15) is 16.2 Å². The lowest BCUT2D eigenvalue weighted by Gasteiger charge is -2.27. The number of amides is 1. The molecular weight excluding hydrogens is 355 g/mol. The highest BCUT2D eigenvalue weighted by Gasteiger charge is 2.27. The molecule has 0 unspecified atom stereocenters. The molecule has 132 valence electrons. The fourth-order valence-corrected chi connectivity index (χ4v) is 3.19. The van der Waals surface area contributed by atoms with Gasteiger partial charge in [-0.1, -0.05) is 23.7 Å². The second-order valence-electron chi connectivity index (χ2n) is 6.01. The molecule has 1 aromatic heterocycles. The normalized spacial score (nSPS) is 13.6. The number of nitrogens with zero attached hydrogens (tertiary/aromatic N) is 3. The summed E-state index contributed by atoms with van der Waals surface area (Å²) in [6.07, 6.45) is 0. The molecule has 2 heterocycles. The van der Waals surface area contributed by atoms with Gasteiger partial charge in [-0.15, -0.1) is 0 Å². The summed E-state index contributed by atoms with van der Waals surface area (Å²) >= 11 is 6.14. The molecule has 4 rings (SSSR count). The summed E-state index contributed by atoms with van der Waals surface area (Å²) in [5.41, 5.74) is 2.78. The molecule has 5 nitrogen and oxygen atoms in total. The molecule has 26 heavy (non-hydrogen) atoms. The number of benzene rings is 2. The first kappa shape index (κ1) is 16.6. The van der Waals surface area contributed by atoms with Crippen LogP contribution in [0.2, 0.25) is 5.02 Å². The van der Waals surface area contributed by atoms with E-state index in [1.165, 1.54) is 12.1 Å². The maximum Gasteiger partial charge on any atom is 0.276 e. The third-order valence-electron chi connectivity index (χ3n) is 4.30. The second kappa shape index (κ2) is 6.80. The molecule has 0 saturated carbocycles. The van der Waals surface area contributed by atoms with Crippen molar-refractivity contribution in [3.63, 3.8) is 0 Å². The Kier molecular flexibility index (Phi) is 4.34. The highest BCUT2D eigenvalue weighted by Crippen LogP contribution is 2.23. The molecule has 1 aliphatic rings. The van der Waals surface area contributed by atoms with Gasteiger partial charge in [-0.05, 0) is 42.5 Å². The summed E-state index contributed by atoms with van der Waals surface area (Å²) in [6.45, 7) is 1.55. The minimum absolute atomic E-state index is 0.139. The van der Waals surface area contributed by atoms with E-state index in [1.54, 1.807) is 27.8 Å². The van der Waals surface area contributed by atoms with E-state index in [2.05, 4.69) is 10.4 Å². The van der Waals surface area contributed by atoms with Crippen LogP contribution >= 0.6 is 11.6 Å². The summed E-state index contributed by atoms with van der Waals surface area (Å²) in [5.74, 6) is -0.462. The number of aromatic nitrogens is 2. The Morgan fingerprint density at radius 1 is 1.12 bits per heavy atom. The minimum Gasteiger partial charge on any atom is -0.378 e. The zero-order valence-electron chi connectivity index (χ0n) is 13.8. The third kappa shape index (κ3) is 3.15. The number of carbonyl (C=O) groups is 1. The van der Waals surface area contributed by atoms with E-state index < -0.39 is 0 Å². The highest BCUT2D eigenvalue weighted by molar-refractivity contribution is 6.33. The Hall–Kier alpha value is -2.86. The standard InChI is InChI=1S/C19H16ClFN4O/c20-16-3-1-2-4-17(16)22-12-14-11-18-19(26)24(9-10-25(18)23-14)15-7-5-13(21)6-8-15/h1-8,11,22H,9-10,12H2. The van der Waals surface area contributed by atoms with Crippen molar-refractivity contribution in [1.82, 2.24) is 9.78 Å². The Balaban J connectivity index is 1.52. The lowest BCUT2D eigenvalue weighted by atomic mass is 10.2. The Labute approximate surface area is 155 Å². The van der Waals surface area contributed by atoms with E-state index >= 15 is 0 Å². The van der Waals surface area contributed by atoms with Gasteiger partial charge in [0.2, 0.25) is 0 Å². The first-order chi connectivity index (χ1) is 12.6. The maximum absolute atomic E-state index is 13.1. The third-order valence-corrected chi connectivity index (χ3v) is 4.63. The van der Waals surface area contributed by atoms with Crippen LogP contribution in [0.3, 0.4) is 0 Å². The fourth-order valence-electron chi connectivity index (χ4n) is 2.99. The lowest BCUT2D eigenvalue weighted by molar-refractivity contribution is 0.0962. The van der Waals surface area contributed by atoms with Crippen LogP contribution in [-0.4, -0.2) is 22.2 Å². The number of carbonyl (C=O) groups excluding carboxylic acids is 1.